The molecule has 0 saturated carbocycles. The molecule has 0 radical (unpaired) electrons. The fourth-order valence-corrected chi connectivity index (χ4v) is 2.47. The Bertz CT molecular complexity index is 629. The summed E-state index contributed by atoms with van der Waals surface area (Å²) in [7, 11) is 1.62. The molecule has 2 aromatic rings. The third-order valence-electron chi connectivity index (χ3n) is 3.03. The summed E-state index contributed by atoms with van der Waals surface area (Å²) in [5.74, 6) is 0.618. The van der Waals surface area contributed by atoms with Crippen molar-refractivity contribution in [1.29, 1.82) is 0 Å². The van der Waals surface area contributed by atoms with Crippen molar-refractivity contribution in [3.05, 3.63) is 58.6 Å². The van der Waals surface area contributed by atoms with Gasteiger partial charge in [-0.15, -0.1) is 11.8 Å². The van der Waals surface area contributed by atoms with Crippen LogP contribution in [0.25, 0.3) is 0 Å². The highest BCUT2D eigenvalue weighted by atomic mass is 35.5. The molecule has 110 valence electrons. The van der Waals surface area contributed by atoms with E-state index in [1.54, 1.807) is 31.0 Å². The number of hydrogen-bond acceptors (Lipinski definition) is 3. The number of nitrogens with one attached hydrogen (secondary N) is 1. The molecule has 0 saturated heterocycles. The van der Waals surface area contributed by atoms with Crippen molar-refractivity contribution in [3.8, 4) is 5.75 Å². The van der Waals surface area contributed by atoms with E-state index in [0.717, 1.165) is 16.2 Å². The van der Waals surface area contributed by atoms with Gasteiger partial charge in [0.15, 0.2) is 0 Å². The first kappa shape index (κ1) is 15.7. The molecule has 0 spiro atoms. The number of rotatable bonds is 5. The van der Waals surface area contributed by atoms with Gasteiger partial charge in [0, 0.05) is 11.4 Å². The number of methoxy groups -OCH3 is 1. The van der Waals surface area contributed by atoms with Gasteiger partial charge >= 0.3 is 0 Å². The van der Waals surface area contributed by atoms with Crippen LogP contribution in [0.1, 0.15) is 15.9 Å². The van der Waals surface area contributed by atoms with E-state index in [4.69, 9.17) is 16.3 Å². The van der Waals surface area contributed by atoms with Gasteiger partial charge in [-0.3, -0.25) is 4.79 Å². The van der Waals surface area contributed by atoms with Crippen LogP contribution in [0, 0.1) is 0 Å². The number of halogens is 1. The van der Waals surface area contributed by atoms with Crippen molar-refractivity contribution in [2.75, 3.05) is 13.4 Å². The topological polar surface area (TPSA) is 38.3 Å². The summed E-state index contributed by atoms with van der Waals surface area (Å²) in [6, 6.07) is 13.0. The predicted molar refractivity (Wildman–Crippen MR) is 87.4 cm³/mol. The molecule has 0 heterocycles. The van der Waals surface area contributed by atoms with E-state index in [1.165, 1.54) is 0 Å². The number of benzene rings is 2. The molecule has 21 heavy (non-hydrogen) atoms. The smallest absolute Gasteiger partial charge is 0.253 e. The lowest BCUT2D eigenvalue weighted by Gasteiger charge is -2.08. The normalized spacial score (nSPS) is 10.2. The van der Waals surface area contributed by atoms with Gasteiger partial charge in [-0.05, 0) is 42.2 Å². The molecule has 0 aliphatic heterocycles. The molecule has 3 nitrogen and oxygen atoms in total. The highest BCUT2D eigenvalue weighted by Gasteiger charge is 2.11. The standard InChI is InChI=1S/C16H16ClNO2S/c1-20-12-5-3-11(4-6-12)10-18-16(19)14-9-13(21-2)7-8-15(14)17/h3-9H,10H2,1-2H3,(H,18,19). The molecular weight excluding hydrogens is 306 g/mol. The highest BCUT2D eigenvalue weighted by molar-refractivity contribution is 7.98. The largest absolute Gasteiger partial charge is 0.497 e. The van der Waals surface area contributed by atoms with Crippen LogP contribution in [0.4, 0.5) is 0 Å². The van der Waals surface area contributed by atoms with E-state index in [1.807, 2.05) is 36.6 Å². The van der Waals surface area contributed by atoms with Crippen molar-refractivity contribution in [2.45, 2.75) is 11.4 Å². The maximum Gasteiger partial charge on any atom is 0.253 e. The monoisotopic (exact) mass is 321 g/mol. The van der Waals surface area contributed by atoms with Crippen molar-refractivity contribution in [1.82, 2.24) is 5.32 Å². The van der Waals surface area contributed by atoms with E-state index >= 15 is 0 Å². The lowest BCUT2D eigenvalue weighted by molar-refractivity contribution is 0.0951. The van der Waals surface area contributed by atoms with Crippen LogP contribution in [-0.2, 0) is 6.54 Å². The van der Waals surface area contributed by atoms with Crippen LogP contribution in [-0.4, -0.2) is 19.3 Å². The molecule has 0 bridgehead atoms. The summed E-state index contributed by atoms with van der Waals surface area (Å²) in [4.78, 5) is 13.2. The quantitative estimate of drug-likeness (QED) is 0.846. The van der Waals surface area contributed by atoms with E-state index in [2.05, 4.69) is 5.32 Å². The van der Waals surface area contributed by atoms with Crippen LogP contribution in [0.3, 0.4) is 0 Å². The SMILES string of the molecule is COc1ccc(CNC(=O)c2cc(SC)ccc2Cl)cc1. The van der Waals surface area contributed by atoms with Gasteiger partial charge in [0.1, 0.15) is 5.75 Å². The van der Waals surface area contributed by atoms with Crippen molar-refractivity contribution in [2.24, 2.45) is 0 Å². The average molecular weight is 322 g/mol. The maximum absolute atomic E-state index is 12.2. The van der Waals surface area contributed by atoms with Crippen molar-refractivity contribution in [3.63, 3.8) is 0 Å². The summed E-state index contributed by atoms with van der Waals surface area (Å²) in [5.41, 5.74) is 1.50. The van der Waals surface area contributed by atoms with Gasteiger partial charge in [0.25, 0.3) is 5.91 Å². The van der Waals surface area contributed by atoms with Crippen LogP contribution in [0.2, 0.25) is 5.02 Å². The molecule has 0 aliphatic carbocycles. The fraction of sp³-hybridized carbons (Fsp3) is 0.188. The summed E-state index contributed by atoms with van der Waals surface area (Å²) >= 11 is 7.66. The number of carbonyl (C=O) groups is 1. The number of ether oxygens (including phenoxy) is 1. The highest BCUT2D eigenvalue weighted by Crippen LogP contribution is 2.23. The summed E-state index contributed by atoms with van der Waals surface area (Å²) < 4.78 is 5.10. The van der Waals surface area contributed by atoms with Crippen LogP contribution in [0.15, 0.2) is 47.4 Å². The molecule has 0 aromatic heterocycles. The lowest BCUT2D eigenvalue weighted by Crippen LogP contribution is -2.23. The van der Waals surface area contributed by atoms with Gasteiger partial charge in [-0.1, -0.05) is 23.7 Å². The van der Waals surface area contributed by atoms with Crippen LogP contribution < -0.4 is 10.1 Å². The Balaban J connectivity index is 2.04. The Morgan fingerprint density at radius 3 is 2.57 bits per heavy atom. The summed E-state index contributed by atoms with van der Waals surface area (Å²) in [5, 5.41) is 3.33. The molecule has 0 unspecified atom stereocenters. The van der Waals surface area contributed by atoms with Crippen LogP contribution >= 0.6 is 23.4 Å². The maximum atomic E-state index is 12.2. The number of carbonyl (C=O) groups excluding carboxylic acids is 1. The van der Waals surface area contributed by atoms with Crippen molar-refractivity contribution >= 4 is 29.3 Å². The van der Waals surface area contributed by atoms with Crippen molar-refractivity contribution < 1.29 is 9.53 Å². The molecule has 0 atom stereocenters. The zero-order chi connectivity index (χ0) is 15.2. The number of amides is 1. The van der Waals surface area contributed by atoms with E-state index in [-0.39, 0.29) is 5.91 Å². The first-order valence-corrected chi connectivity index (χ1v) is 7.99. The molecule has 0 aliphatic rings. The van der Waals surface area contributed by atoms with Gasteiger partial charge in [0.2, 0.25) is 0 Å². The Morgan fingerprint density at radius 2 is 1.95 bits per heavy atom. The Hall–Kier alpha value is -1.65. The Labute approximate surface area is 133 Å². The summed E-state index contributed by atoms with van der Waals surface area (Å²) in [6.45, 7) is 0.447. The minimum Gasteiger partial charge on any atom is -0.497 e. The minimum absolute atomic E-state index is 0.174. The Kier molecular flexibility index (Phi) is 5.53. The minimum atomic E-state index is -0.174. The van der Waals surface area contributed by atoms with E-state index in [9.17, 15) is 4.79 Å². The molecule has 1 N–H and O–H groups in total. The fourth-order valence-electron chi connectivity index (χ4n) is 1.83. The molecule has 5 heteroatoms. The van der Waals surface area contributed by atoms with E-state index < -0.39 is 0 Å². The molecule has 1 amide bonds. The van der Waals surface area contributed by atoms with Crippen LogP contribution in [0.5, 0.6) is 5.75 Å². The van der Waals surface area contributed by atoms with Gasteiger partial charge in [-0.25, -0.2) is 0 Å². The van der Waals surface area contributed by atoms with Gasteiger partial charge in [-0.2, -0.15) is 0 Å². The third-order valence-corrected chi connectivity index (χ3v) is 4.09. The second-order valence-electron chi connectivity index (χ2n) is 4.38. The first-order chi connectivity index (χ1) is 10.1. The molecular formula is C16H16ClNO2S. The zero-order valence-corrected chi connectivity index (χ0v) is 13.4. The second-order valence-corrected chi connectivity index (χ2v) is 5.66. The van der Waals surface area contributed by atoms with Gasteiger partial charge in [0.05, 0.1) is 17.7 Å². The van der Waals surface area contributed by atoms with Gasteiger partial charge < -0.3 is 10.1 Å². The lowest BCUT2D eigenvalue weighted by atomic mass is 10.2. The average Bonchev–Trinajstić information content (AvgIpc) is 2.53. The molecule has 0 fully saturated rings. The summed E-state index contributed by atoms with van der Waals surface area (Å²) in [6.07, 6.45) is 1.96. The first-order valence-electron chi connectivity index (χ1n) is 6.38. The number of thioether (sulfide) groups is 1. The second kappa shape index (κ2) is 7.38. The molecule has 2 aromatic carbocycles. The zero-order valence-electron chi connectivity index (χ0n) is 11.9. The number of hydrogen-bond donors (Lipinski definition) is 1. The predicted octanol–water partition coefficient (Wildman–Crippen LogP) is 4.00. The molecule has 2 rings (SSSR count). The third kappa shape index (κ3) is 4.16. The Morgan fingerprint density at radius 1 is 1.24 bits per heavy atom. The van der Waals surface area contributed by atoms with E-state index in [0.29, 0.717) is 17.1 Å².